The number of carboxylic acid groups (broad SMARTS) is 1. The Morgan fingerprint density at radius 2 is 1.88 bits per heavy atom. The lowest BCUT2D eigenvalue weighted by Crippen LogP contribution is -2.43. The van der Waals surface area contributed by atoms with Crippen LogP contribution in [0.25, 0.3) is 0 Å². The van der Waals surface area contributed by atoms with Gasteiger partial charge in [0.1, 0.15) is 5.41 Å². The fourth-order valence-corrected chi connectivity index (χ4v) is 4.87. The highest BCUT2D eigenvalue weighted by Crippen LogP contribution is 2.44. The Hall–Kier alpha value is -1.93. The highest BCUT2D eigenvalue weighted by atomic mass is 32.2. The van der Waals surface area contributed by atoms with Crippen molar-refractivity contribution in [2.45, 2.75) is 13.8 Å². The molecule has 0 radical (unpaired) electrons. The largest absolute Gasteiger partial charge is 0.481 e. The first-order valence-electron chi connectivity index (χ1n) is 8.09. The zero-order valence-electron chi connectivity index (χ0n) is 14.5. The van der Waals surface area contributed by atoms with Crippen LogP contribution >= 0.6 is 0 Å². The third kappa shape index (κ3) is 2.93. The van der Waals surface area contributed by atoms with Crippen LogP contribution in [0.3, 0.4) is 0 Å². The van der Waals surface area contributed by atoms with Gasteiger partial charge in [-0.1, -0.05) is 17.7 Å². The second-order valence-corrected chi connectivity index (χ2v) is 9.20. The number of benzene rings is 1. The summed E-state index contributed by atoms with van der Waals surface area (Å²) in [5, 5.41) is 9.76. The second kappa shape index (κ2) is 5.81. The van der Waals surface area contributed by atoms with Crippen molar-refractivity contribution < 1.29 is 23.1 Å². The number of carboxylic acids is 1. The normalized spacial score (nSPS) is 26.7. The molecule has 0 bridgehead atoms. The molecule has 2 aliphatic rings. The van der Waals surface area contributed by atoms with Gasteiger partial charge in [0.05, 0.1) is 6.26 Å². The predicted octanol–water partition coefficient (Wildman–Crippen LogP) is 0.722. The third-order valence-corrected chi connectivity index (χ3v) is 6.59. The summed E-state index contributed by atoms with van der Waals surface area (Å²) in [6, 6.07) is 5.54. The Bertz CT molecular complexity index is 851. The van der Waals surface area contributed by atoms with E-state index in [1.54, 1.807) is 11.0 Å². The first-order valence-corrected chi connectivity index (χ1v) is 9.94. The van der Waals surface area contributed by atoms with Crippen LogP contribution in [0.15, 0.2) is 18.2 Å². The number of aryl methyl sites for hydroxylation is 2. The van der Waals surface area contributed by atoms with E-state index in [0.29, 0.717) is 5.56 Å². The zero-order valence-corrected chi connectivity index (χ0v) is 15.3. The number of amides is 1. The number of rotatable bonds is 3. The topological polar surface area (TPSA) is 95.0 Å². The standard InChI is InChI=1S/C17H22N2O5S/c1-11-4-5-14(12(2)6-11)15(20)18-7-13-8-19(25(3,23)24)10-17(13,9-18)16(21)22/h4-6,13H,7-10H2,1-3H3,(H,21,22)/t13-,17-/m1/s1. The van der Waals surface area contributed by atoms with Gasteiger partial charge in [-0.15, -0.1) is 0 Å². The van der Waals surface area contributed by atoms with Crippen molar-refractivity contribution in [3.63, 3.8) is 0 Å². The van der Waals surface area contributed by atoms with Crippen LogP contribution in [0.1, 0.15) is 21.5 Å². The molecule has 0 saturated carbocycles. The number of hydrogen-bond donors (Lipinski definition) is 1. The van der Waals surface area contributed by atoms with Crippen LogP contribution in [-0.4, -0.2) is 67.0 Å². The number of likely N-dealkylation sites (tertiary alicyclic amines) is 1. The van der Waals surface area contributed by atoms with E-state index < -0.39 is 27.3 Å². The minimum Gasteiger partial charge on any atom is -0.481 e. The van der Waals surface area contributed by atoms with E-state index >= 15 is 0 Å². The molecule has 25 heavy (non-hydrogen) atoms. The number of carbonyl (C=O) groups is 2. The minimum absolute atomic E-state index is 0.0329. The number of aliphatic carboxylic acids is 1. The highest BCUT2D eigenvalue weighted by molar-refractivity contribution is 7.88. The van der Waals surface area contributed by atoms with Crippen LogP contribution in [0.2, 0.25) is 0 Å². The number of sulfonamides is 1. The van der Waals surface area contributed by atoms with Gasteiger partial charge in [-0.2, -0.15) is 0 Å². The van der Waals surface area contributed by atoms with Crippen molar-refractivity contribution >= 4 is 21.9 Å². The van der Waals surface area contributed by atoms with E-state index in [-0.39, 0.29) is 32.1 Å². The van der Waals surface area contributed by atoms with Gasteiger partial charge in [0, 0.05) is 37.7 Å². The zero-order chi connectivity index (χ0) is 18.6. The molecule has 0 unspecified atom stereocenters. The third-order valence-electron chi connectivity index (χ3n) is 5.37. The van der Waals surface area contributed by atoms with E-state index in [2.05, 4.69) is 0 Å². The summed E-state index contributed by atoms with van der Waals surface area (Å²) in [7, 11) is -3.45. The number of carbonyl (C=O) groups excluding carboxylic acids is 1. The van der Waals surface area contributed by atoms with Crippen molar-refractivity contribution in [1.82, 2.24) is 9.21 Å². The van der Waals surface area contributed by atoms with Crippen LogP contribution < -0.4 is 0 Å². The predicted molar refractivity (Wildman–Crippen MR) is 91.8 cm³/mol. The van der Waals surface area contributed by atoms with Crippen molar-refractivity contribution in [3.05, 3.63) is 34.9 Å². The van der Waals surface area contributed by atoms with Gasteiger partial charge in [-0.25, -0.2) is 12.7 Å². The summed E-state index contributed by atoms with van der Waals surface area (Å²) in [6.07, 6.45) is 1.09. The Morgan fingerprint density at radius 3 is 2.40 bits per heavy atom. The molecule has 1 N–H and O–H groups in total. The van der Waals surface area contributed by atoms with E-state index in [1.165, 1.54) is 4.31 Å². The quantitative estimate of drug-likeness (QED) is 0.851. The maximum absolute atomic E-state index is 12.9. The Kier molecular flexibility index (Phi) is 4.15. The molecule has 7 nitrogen and oxygen atoms in total. The smallest absolute Gasteiger partial charge is 0.313 e. The van der Waals surface area contributed by atoms with Crippen molar-refractivity contribution in [2.24, 2.45) is 11.3 Å². The SMILES string of the molecule is Cc1ccc(C(=O)N2C[C@@H]3CN(S(C)(=O)=O)C[C@]3(C(=O)O)C2)c(C)c1. The lowest BCUT2D eigenvalue weighted by atomic mass is 9.81. The minimum atomic E-state index is -3.45. The maximum Gasteiger partial charge on any atom is 0.313 e. The lowest BCUT2D eigenvalue weighted by Gasteiger charge is -2.25. The second-order valence-electron chi connectivity index (χ2n) is 7.22. The first-order chi connectivity index (χ1) is 11.5. The van der Waals surface area contributed by atoms with Crippen molar-refractivity contribution in [1.29, 1.82) is 0 Å². The van der Waals surface area contributed by atoms with Gasteiger partial charge in [-0.05, 0) is 25.5 Å². The van der Waals surface area contributed by atoms with E-state index in [9.17, 15) is 23.1 Å². The fraction of sp³-hybridized carbons (Fsp3) is 0.529. The van der Waals surface area contributed by atoms with Gasteiger partial charge >= 0.3 is 5.97 Å². The number of hydrogen-bond acceptors (Lipinski definition) is 4. The molecule has 1 amide bonds. The molecular formula is C17H22N2O5S. The summed E-state index contributed by atoms with van der Waals surface area (Å²) in [6.45, 7) is 4.15. The summed E-state index contributed by atoms with van der Waals surface area (Å²) < 4.78 is 24.8. The van der Waals surface area contributed by atoms with Gasteiger partial charge < -0.3 is 10.0 Å². The van der Waals surface area contributed by atoms with Crippen molar-refractivity contribution in [3.8, 4) is 0 Å². The molecule has 3 rings (SSSR count). The molecule has 2 heterocycles. The molecule has 2 fully saturated rings. The van der Waals surface area contributed by atoms with Crippen molar-refractivity contribution in [2.75, 3.05) is 32.4 Å². The summed E-state index contributed by atoms with van der Waals surface area (Å²) in [5.74, 6) is -1.63. The molecular weight excluding hydrogens is 344 g/mol. The molecule has 8 heteroatoms. The maximum atomic E-state index is 12.9. The fourth-order valence-electron chi connectivity index (χ4n) is 3.95. The van der Waals surface area contributed by atoms with Gasteiger partial charge in [0.15, 0.2) is 0 Å². The molecule has 136 valence electrons. The summed E-state index contributed by atoms with van der Waals surface area (Å²) in [4.78, 5) is 26.3. The molecule has 2 atom stereocenters. The Labute approximate surface area is 147 Å². The van der Waals surface area contributed by atoms with Crippen LogP contribution in [0, 0.1) is 25.2 Å². The van der Waals surface area contributed by atoms with E-state index in [4.69, 9.17) is 0 Å². The van der Waals surface area contributed by atoms with Crippen LogP contribution in [-0.2, 0) is 14.8 Å². The van der Waals surface area contributed by atoms with Gasteiger partial charge in [0.25, 0.3) is 5.91 Å². The van der Waals surface area contributed by atoms with Gasteiger partial charge in [-0.3, -0.25) is 9.59 Å². The monoisotopic (exact) mass is 366 g/mol. The molecule has 1 aromatic rings. The summed E-state index contributed by atoms with van der Waals surface area (Å²) in [5.41, 5.74) is 1.24. The molecule has 2 aliphatic heterocycles. The molecule has 1 aromatic carbocycles. The Morgan fingerprint density at radius 1 is 1.20 bits per heavy atom. The lowest BCUT2D eigenvalue weighted by molar-refractivity contribution is -0.148. The Balaban J connectivity index is 1.87. The van der Waals surface area contributed by atoms with Gasteiger partial charge in [0.2, 0.25) is 10.0 Å². The highest BCUT2D eigenvalue weighted by Gasteiger charge is 2.60. The first kappa shape index (κ1) is 17.9. The number of nitrogens with zero attached hydrogens (tertiary/aromatic N) is 2. The molecule has 0 aromatic heterocycles. The van der Waals surface area contributed by atoms with Crippen LogP contribution in [0.4, 0.5) is 0 Å². The van der Waals surface area contributed by atoms with Crippen LogP contribution in [0.5, 0.6) is 0 Å². The number of fused-ring (bicyclic) bond motifs is 1. The molecule has 2 saturated heterocycles. The summed E-state index contributed by atoms with van der Waals surface area (Å²) >= 11 is 0. The van der Waals surface area contributed by atoms with E-state index in [0.717, 1.165) is 17.4 Å². The molecule has 0 spiro atoms. The average molecular weight is 366 g/mol. The van der Waals surface area contributed by atoms with E-state index in [1.807, 2.05) is 26.0 Å². The average Bonchev–Trinajstić information content (AvgIpc) is 3.01. The molecule has 0 aliphatic carbocycles.